The van der Waals surface area contributed by atoms with Gasteiger partial charge >= 0.3 is 5.97 Å². The van der Waals surface area contributed by atoms with Crippen molar-refractivity contribution in [3.05, 3.63) is 63.4 Å². The molecule has 0 unspecified atom stereocenters. The Morgan fingerprint density at radius 3 is 2.44 bits per heavy atom. The number of halogens is 3. The van der Waals surface area contributed by atoms with Gasteiger partial charge in [0.2, 0.25) is 0 Å². The monoisotopic (exact) mass is 414 g/mol. The van der Waals surface area contributed by atoms with Gasteiger partial charge in [0, 0.05) is 5.02 Å². The molecule has 0 aromatic heterocycles. The van der Waals surface area contributed by atoms with E-state index in [1.54, 1.807) is 0 Å². The smallest absolute Gasteiger partial charge is 0.340 e. The van der Waals surface area contributed by atoms with Gasteiger partial charge < -0.3 is 9.47 Å². The van der Waals surface area contributed by atoms with E-state index in [0.717, 1.165) is 18.2 Å². The highest BCUT2D eigenvalue weighted by molar-refractivity contribution is 6.33. The maximum absolute atomic E-state index is 13.0. The van der Waals surface area contributed by atoms with Crippen molar-refractivity contribution in [1.82, 2.24) is 10.9 Å². The Balaban J connectivity index is 1.88. The van der Waals surface area contributed by atoms with Gasteiger partial charge in [0.1, 0.15) is 11.6 Å². The number of ether oxygens (including phenoxy) is 2. The van der Waals surface area contributed by atoms with E-state index in [1.807, 2.05) is 0 Å². The molecule has 0 saturated heterocycles. The lowest BCUT2D eigenvalue weighted by Crippen LogP contribution is -2.43. The SMILES string of the molecule is COc1ccc(Cl)cc1C(=O)NNC(=O)COC(=O)c1ccc(F)cc1Cl. The van der Waals surface area contributed by atoms with E-state index < -0.39 is 30.2 Å². The third kappa shape index (κ3) is 5.57. The van der Waals surface area contributed by atoms with Gasteiger partial charge in [-0.1, -0.05) is 23.2 Å². The third-order valence-electron chi connectivity index (χ3n) is 3.21. The highest BCUT2D eigenvalue weighted by Crippen LogP contribution is 2.22. The molecule has 0 aliphatic carbocycles. The van der Waals surface area contributed by atoms with Gasteiger partial charge in [0.05, 0.1) is 23.3 Å². The van der Waals surface area contributed by atoms with Crippen molar-refractivity contribution >= 4 is 41.0 Å². The van der Waals surface area contributed by atoms with Crippen LogP contribution in [-0.4, -0.2) is 31.5 Å². The van der Waals surface area contributed by atoms with Crippen molar-refractivity contribution in [3.63, 3.8) is 0 Å². The molecule has 2 amide bonds. The summed E-state index contributed by atoms with van der Waals surface area (Å²) < 4.78 is 22.8. The van der Waals surface area contributed by atoms with Crippen LogP contribution in [0.15, 0.2) is 36.4 Å². The average Bonchev–Trinajstić information content (AvgIpc) is 2.64. The van der Waals surface area contributed by atoms with Gasteiger partial charge in [0.15, 0.2) is 6.61 Å². The van der Waals surface area contributed by atoms with Gasteiger partial charge in [-0.05, 0) is 36.4 Å². The Labute approximate surface area is 163 Å². The van der Waals surface area contributed by atoms with Gasteiger partial charge in [-0.2, -0.15) is 0 Å². The van der Waals surface area contributed by atoms with E-state index in [9.17, 15) is 18.8 Å². The minimum absolute atomic E-state index is 0.0976. The molecule has 2 rings (SSSR count). The summed E-state index contributed by atoms with van der Waals surface area (Å²) in [5, 5.41) is 0.152. The van der Waals surface area contributed by atoms with E-state index in [1.165, 1.54) is 25.3 Å². The van der Waals surface area contributed by atoms with Crippen molar-refractivity contribution in [1.29, 1.82) is 0 Å². The first-order valence-electron chi connectivity index (χ1n) is 7.36. The third-order valence-corrected chi connectivity index (χ3v) is 3.75. The predicted octanol–water partition coefficient (Wildman–Crippen LogP) is 2.76. The molecule has 10 heteroatoms. The number of rotatable bonds is 5. The molecule has 7 nitrogen and oxygen atoms in total. The summed E-state index contributed by atoms with van der Waals surface area (Å²) in [6.45, 7) is -0.695. The maximum atomic E-state index is 13.0. The molecule has 2 aromatic rings. The van der Waals surface area contributed by atoms with Crippen molar-refractivity contribution < 1.29 is 28.2 Å². The number of carbonyl (C=O) groups excluding carboxylic acids is 3. The van der Waals surface area contributed by atoms with Crippen LogP contribution in [0.3, 0.4) is 0 Å². The molecule has 142 valence electrons. The Morgan fingerprint density at radius 1 is 1.04 bits per heavy atom. The molecule has 0 radical (unpaired) electrons. The van der Waals surface area contributed by atoms with Crippen LogP contribution in [0.1, 0.15) is 20.7 Å². The zero-order valence-corrected chi connectivity index (χ0v) is 15.4. The van der Waals surface area contributed by atoms with Crippen LogP contribution in [-0.2, 0) is 9.53 Å². The molecular formula is C17H13Cl2FN2O5. The highest BCUT2D eigenvalue weighted by Gasteiger charge is 2.16. The minimum atomic E-state index is -0.919. The van der Waals surface area contributed by atoms with Crippen molar-refractivity contribution in [3.8, 4) is 5.75 Å². The summed E-state index contributed by atoms with van der Waals surface area (Å²) in [5.41, 5.74) is 4.21. The lowest BCUT2D eigenvalue weighted by atomic mass is 10.2. The summed E-state index contributed by atoms with van der Waals surface area (Å²) in [6, 6.07) is 7.49. The molecule has 27 heavy (non-hydrogen) atoms. The summed E-state index contributed by atoms with van der Waals surface area (Å²) >= 11 is 11.6. The second-order valence-electron chi connectivity index (χ2n) is 5.05. The van der Waals surface area contributed by atoms with Gasteiger partial charge in [-0.3, -0.25) is 20.4 Å². The first-order chi connectivity index (χ1) is 12.8. The Morgan fingerprint density at radius 2 is 1.78 bits per heavy atom. The fourth-order valence-corrected chi connectivity index (χ4v) is 2.37. The summed E-state index contributed by atoms with van der Waals surface area (Å²) in [7, 11) is 1.37. The van der Waals surface area contributed by atoms with Crippen LogP contribution in [0.2, 0.25) is 10.0 Å². The lowest BCUT2D eigenvalue weighted by molar-refractivity contribution is -0.125. The molecule has 0 aliphatic heterocycles. The zero-order valence-electron chi connectivity index (χ0n) is 13.8. The zero-order chi connectivity index (χ0) is 20.0. The van der Waals surface area contributed by atoms with Crippen LogP contribution in [0.5, 0.6) is 5.75 Å². The minimum Gasteiger partial charge on any atom is -0.496 e. The van der Waals surface area contributed by atoms with E-state index in [2.05, 4.69) is 10.9 Å². The number of hydrogen-bond acceptors (Lipinski definition) is 5. The highest BCUT2D eigenvalue weighted by atomic mass is 35.5. The van der Waals surface area contributed by atoms with Crippen LogP contribution < -0.4 is 15.6 Å². The van der Waals surface area contributed by atoms with Crippen LogP contribution in [0.25, 0.3) is 0 Å². The molecule has 0 fully saturated rings. The first kappa shape index (κ1) is 20.5. The number of amides is 2. The van der Waals surface area contributed by atoms with E-state index in [0.29, 0.717) is 5.02 Å². The van der Waals surface area contributed by atoms with Gasteiger partial charge in [0.25, 0.3) is 11.8 Å². The molecule has 0 heterocycles. The van der Waals surface area contributed by atoms with E-state index in [-0.39, 0.29) is 21.9 Å². The normalized spacial score (nSPS) is 10.1. The summed E-state index contributed by atoms with van der Waals surface area (Å²) in [6.07, 6.45) is 0. The molecule has 0 bridgehead atoms. The van der Waals surface area contributed by atoms with Crippen molar-refractivity contribution in [2.24, 2.45) is 0 Å². The number of nitrogens with one attached hydrogen (secondary N) is 2. The molecule has 0 aliphatic rings. The fourth-order valence-electron chi connectivity index (χ4n) is 1.95. The number of hydrogen-bond donors (Lipinski definition) is 2. The van der Waals surface area contributed by atoms with E-state index in [4.69, 9.17) is 32.7 Å². The second kappa shape index (κ2) is 9.20. The number of methoxy groups -OCH3 is 1. The first-order valence-corrected chi connectivity index (χ1v) is 8.12. The van der Waals surface area contributed by atoms with Gasteiger partial charge in [-0.25, -0.2) is 9.18 Å². The largest absolute Gasteiger partial charge is 0.496 e. The molecule has 2 N–H and O–H groups in total. The molecule has 0 atom stereocenters. The second-order valence-corrected chi connectivity index (χ2v) is 5.89. The van der Waals surface area contributed by atoms with E-state index >= 15 is 0 Å². The predicted molar refractivity (Wildman–Crippen MR) is 95.3 cm³/mol. The van der Waals surface area contributed by atoms with Crippen molar-refractivity contribution in [2.75, 3.05) is 13.7 Å². The summed E-state index contributed by atoms with van der Waals surface area (Å²) in [5.74, 6) is -2.78. The average molecular weight is 415 g/mol. The van der Waals surface area contributed by atoms with Crippen LogP contribution in [0, 0.1) is 5.82 Å². The quantitative estimate of drug-likeness (QED) is 0.579. The molecule has 2 aromatic carbocycles. The molecule has 0 spiro atoms. The number of benzene rings is 2. The number of carbonyl (C=O) groups is 3. The van der Waals surface area contributed by atoms with Gasteiger partial charge in [-0.15, -0.1) is 0 Å². The fraction of sp³-hybridized carbons (Fsp3) is 0.118. The molecular weight excluding hydrogens is 402 g/mol. The Hall–Kier alpha value is -2.84. The number of esters is 1. The molecule has 0 saturated carbocycles. The summed E-state index contributed by atoms with van der Waals surface area (Å²) in [4.78, 5) is 35.6. The lowest BCUT2D eigenvalue weighted by Gasteiger charge is -2.11. The standard InChI is InChI=1S/C17H13Cl2FN2O5/c1-26-14-5-2-9(18)6-12(14)16(24)22-21-15(23)8-27-17(25)11-4-3-10(20)7-13(11)19/h2-7H,8H2,1H3,(H,21,23)(H,22,24). The topological polar surface area (TPSA) is 93.7 Å². The van der Waals surface area contributed by atoms with Crippen molar-refractivity contribution in [2.45, 2.75) is 0 Å². The van der Waals surface area contributed by atoms with Crippen LogP contribution in [0.4, 0.5) is 4.39 Å². The maximum Gasteiger partial charge on any atom is 0.340 e. The van der Waals surface area contributed by atoms with Crippen LogP contribution >= 0.6 is 23.2 Å². The number of hydrazine groups is 1. The Kier molecular flexibility index (Phi) is 6.98. The Bertz CT molecular complexity index is 892.